The van der Waals surface area contributed by atoms with Gasteiger partial charge in [0.2, 0.25) is 10.0 Å². The highest BCUT2D eigenvalue weighted by molar-refractivity contribution is 7.90. The highest BCUT2D eigenvalue weighted by atomic mass is 32.2. The Labute approximate surface area is 201 Å². The van der Waals surface area contributed by atoms with Crippen LogP contribution in [0.5, 0.6) is 0 Å². The number of hydrogen-bond donors (Lipinski definition) is 0. The summed E-state index contributed by atoms with van der Waals surface area (Å²) in [5, 5.41) is 8.70. The fourth-order valence-electron chi connectivity index (χ4n) is 4.25. The molecule has 0 aromatic carbocycles. The summed E-state index contributed by atoms with van der Waals surface area (Å²) < 4.78 is 28.1. The van der Waals surface area contributed by atoms with E-state index in [1.165, 1.54) is 77.0 Å². The van der Waals surface area contributed by atoms with Gasteiger partial charge in [0.15, 0.2) is 5.25 Å². The van der Waals surface area contributed by atoms with Gasteiger partial charge in [-0.2, -0.15) is 5.26 Å². The van der Waals surface area contributed by atoms with Crippen molar-refractivity contribution in [1.82, 2.24) is 4.31 Å². The lowest BCUT2D eigenvalue weighted by Crippen LogP contribution is -2.39. The highest BCUT2D eigenvalue weighted by Gasteiger charge is 2.31. The van der Waals surface area contributed by atoms with Crippen molar-refractivity contribution in [3.63, 3.8) is 0 Å². The van der Waals surface area contributed by atoms with Crippen molar-refractivity contribution in [2.75, 3.05) is 13.1 Å². The van der Waals surface area contributed by atoms with E-state index in [9.17, 15) is 13.7 Å². The first-order valence-corrected chi connectivity index (χ1v) is 15.4. The zero-order valence-electron chi connectivity index (χ0n) is 21.8. The van der Waals surface area contributed by atoms with Crippen LogP contribution in [0.1, 0.15) is 149 Å². The number of hydrogen-bond acceptors (Lipinski definition) is 3. The minimum Gasteiger partial charge on any atom is -0.211 e. The lowest BCUT2D eigenvalue weighted by atomic mass is 10.1. The Morgan fingerprint density at radius 3 is 1.31 bits per heavy atom. The molecule has 4 nitrogen and oxygen atoms in total. The summed E-state index contributed by atoms with van der Waals surface area (Å²) in [4.78, 5) is 0. The van der Waals surface area contributed by atoms with Gasteiger partial charge in [-0.1, -0.05) is 130 Å². The molecule has 0 saturated heterocycles. The van der Waals surface area contributed by atoms with Crippen LogP contribution < -0.4 is 0 Å². The quantitative estimate of drug-likeness (QED) is 0.133. The Kier molecular flexibility index (Phi) is 21.8. The largest absolute Gasteiger partial charge is 0.230 e. The van der Waals surface area contributed by atoms with Gasteiger partial charge in [0.1, 0.15) is 0 Å². The third-order valence-electron chi connectivity index (χ3n) is 6.46. The van der Waals surface area contributed by atoms with E-state index < -0.39 is 15.3 Å². The van der Waals surface area contributed by atoms with Crippen molar-refractivity contribution in [2.24, 2.45) is 0 Å². The molecule has 0 heterocycles. The van der Waals surface area contributed by atoms with E-state index in [1.54, 1.807) is 4.31 Å². The van der Waals surface area contributed by atoms with E-state index in [-0.39, 0.29) is 0 Å². The van der Waals surface area contributed by atoms with E-state index in [2.05, 4.69) is 26.8 Å². The average molecular weight is 471 g/mol. The van der Waals surface area contributed by atoms with Gasteiger partial charge in [-0.25, -0.2) is 12.7 Å². The van der Waals surface area contributed by atoms with Crippen LogP contribution in [-0.4, -0.2) is 31.1 Å². The van der Waals surface area contributed by atoms with Gasteiger partial charge in [-0.3, -0.25) is 0 Å². The number of nitrogens with zero attached hydrogens (tertiary/aromatic N) is 2. The molecule has 5 heteroatoms. The number of sulfonamides is 1. The summed E-state index contributed by atoms with van der Waals surface area (Å²) in [5.74, 6) is 0. The van der Waals surface area contributed by atoms with E-state index in [4.69, 9.17) is 0 Å². The molecule has 0 aliphatic carbocycles. The van der Waals surface area contributed by atoms with Crippen LogP contribution in [0.25, 0.3) is 0 Å². The van der Waals surface area contributed by atoms with Crippen LogP contribution in [0.3, 0.4) is 0 Å². The summed E-state index contributed by atoms with van der Waals surface area (Å²) in [6.07, 6.45) is 22.6. The Bertz CT molecular complexity index is 522. The fourth-order valence-corrected chi connectivity index (χ4v) is 5.97. The summed E-state index contributed by atoms with van der Waals surface area (Å²) in [6, 6.07) is 2.11. The molecule has 0 amide bonds. The molecular weight excluding hydrogens is 416 g/mol. The van der Waals surface area contributed by atoms with Crippen LogP contribution in [0, 0.1) is 11.3 Å². The number of unbranched alkanes of at least 4 members (excludes halogenated alkanes) is 16. The molecule has 0 rings (SSSR count). The standard InChI is InChI=1S/C27H54N2O2S/c1-4-7-10-12-14-16-18-21-24-29(25-22-19-17-15-13-11-8-5-2)32(30,31)27(26-28)23-20-9-6-3/h27H,4-25H2,1-3H3. The normalized spacial score (nSPS) is 12.8. The molecule has 0 N–H and O–H groups in total. The molecule has 0 radical (unpaired) electrons. The molecule has 0 bridgehead atoms. The minimum absolute atomic E-state index is 0.470. The SMILES string of the molecule is CCCCCCCCCCN(CCCCCCCCCC)S(=O)(=O)C(C#N)CCCCC. The van der Waals surface area contributed by atoms with Crippen molar-refractivity contribution < 1.29 is 8.42 Å². The molecule has 0 aliphatic heterocycles. The van der Waals surface area contributed by atoms with Crippen LogP contribution >= 0.6 is 0 Å². The van der Waals surface area contributed by atoms with Gasteiger partial charge in [-0.05, 0) is 19.3 Å². The van der Waals surface area contributed by atoms with E-state index >= 15 is 0 Å². The smallest absolute Gasteiger partial charge is 0.211 e. The predicted octanol–water partition coefficient (Wildman–Crippen LogP) is 8.37. The molecule has 0 saturated carbocycles. The van der Waals surface area contributed by atoms with Gasteiger partial charge in [0.05, 0.1) is 6.07 Å². The molecular formula is C27H54N2O2S. The van der Waals surface area contributed by atoms with Crippen LogP contribution in [0.4, 0.5) is 0 Å². The first-order valence-electron chi connectivity index (χ1n) is 13.9. The van der Waals surface area contributed by atoms with Gasteiger partial charge < -0.3 is 0 Å². The topological polar surface area (TPSA) is 61.2 Å². The molecule has 0 fully saturated rings. The summed E-state index contributed by atoms with van der Waals surface area (Å²) in [6.45, 7) is 7.74. The molecule has 0 aliphatic rings. The highest BCUT2D eigenvalue weighted by Crippen LogP contribution is 2.19. The first-order chi connectivity index (χ1) is 15.5. The Hall–Kier alpha value is -0.600. The van der Waals surface area contributed by atoms with Crippen molar-refractivity contribution in [2.45, 2.75) is 154 Å². The maximum atomic E-state index is 13.2. The van der Waals surface area contributed by atoms with Gasteiger partial charge >= 0.3 is 0 Å². The van der Waals surface area contributed by atoms with E-state index in [1.807, 2.05) is 0 Å². The summed E-state index contributed by atoms with van der Waals surface area (Å²) in [5.41, 5.74) is 0. The molecule has 0 aromatic heterocycles. The summed E-state index contributed by atoms with van der Waals surface area (Å²) in [7, 11) is -3.53. The Morgan fingerprint density at radius 1 is 0.594 bits per heavy atom. The van der Waals surface area contributed by atoms with Crippen molar-refractivity contribution in [1.29, 1.82) is 5.26 Å². The molecule has 0 spiro atoms. The van der Waals surface area contributed by atoms with Crippen LogP contribution in [-0.2, 0) is 10.0 Å². The Balaban J connectivity index is 4.58. The third kappa shape index (κ3) is 16.1. The predicted molar refractivity (Wildman–Crippen MR) is 139 cm³/mol. The van der Waals surface area contributed by atoms with Crippen LogP contribution in [0.15, 0.2) is 0 Å². The molecule has 190 valence electrons. The summed E-state index contributed by atoms with van der Waals surface area (Å²) >= 11 is 0. The lowest BCUT2D eigenvalue weighted by Gasteiger charge is -2.25. The second-order valence-electron chi connectivity index (χ2n) is 9.51. The Morgan fingerprint density at radius 2 is 0.938 bits per heavy atom. The molecule has 1 atom stereocenters. The first kappa shape index (κ1) is 31.4. The molecule has 1 unspecified atom stereocenters. The number of nitriles is 1. The van der Waals surface area contributed by atoms with Gasteiger partial charge in [0.25, 0.3) is 0 Å². The lowest BCUT2D eigenvalue weighted by molar-refractivity contribution is 0.379. The minimum atomic E-state index is -3.53. The average Bonchev–Trinajstić information content (AvgIpc) is 2.78. The third-order valence-corrected chi connectivity index (χ3v) is 8.60. The second-order valence-corrected chi connectivity index (χ2v) is 11.6. The maximum absolute atomic E-state index is 13.2. The molecule has 32 heavy (non-hydrogen) atoms. The van der Waals surface area contributed by atoms with Gasteiger partial charge in [-0.15, -0.1) is 0 Å². The van der Waals surface area contributed by atoms with Crippen molar-refractivity contribution in [3.8, 4) is 6.07 Å². The zero-order valence-corrected chi connectivity index (χ0v) is 22.6. The van der Waals surface area contributed by atoms with Gasteiger partial charge in [0, 0.05) is 13.1 Å². The van der Waals surface area contributed by atoms with Crippen molar-refractivity contribution in [3.05, 3.63) is 0 Å². The second kappa shape index (κ2) is 22.2. The zero-order chi connectivity index (χ0) is 23.9. The maximum Gasteiger partial charge on any atom is 0.230 e. The van der Waals surface area contributed by atoms with Crippen molar-refractivity contribution >= 4 is 10.0 Å². The monoisotopic (exact) mass is 470 g/mol. The van der Waals surface area contributed by atoms with E-state index in [0.29, 0.717) is 19.5 Å². The molecule has 0 aromatic rings. The fraction of sp³-hybridized carbons (Fsp3) is 0.963. The van der Waals surface area contributed by atoms with E-state index in [0.717, 1.165) is 44.9 Å². The van der Waals surface area contributed by atoms with Crippen LogP contribution in [0.2, 0.25) is 0 Å². The number of rotatable bonds is 24.